The maximum absolute atomic E-state index is 13.6. The molecule has 1 N–H and O–H groups in total. The molecule has 0 saturated heterocycles. The molecule has 0 unspecified atom stereocenters. The van der Waals surface area contributed by atoms with Crippen LogP contribution in [0.3, 0.4) is 0 Å². The van der Waals surface area contributed by atoms with Crippen molar-refractivity contribution in [1.29, 1.82) is 0 Å². The molecule has 0 spiro atoms. The van der Waals surface area contributed by atoms with Crippen LogP contribution in [0.2, 0.25) is 0 Å². The van der Waals surface area contributed by atoms with Gasteiger partial charge in [0.15, 0.2) is 0 Å². The van der Waals surface area contributed by atoms with Crippen LogP contribution in [0.5, 0.6) is 5.75 Å². The van der Waals surface area contributed by atoms with E-state index in [1.165, 1.54) is 18.9 Å². The molecule has 0 aliphatic carbocycles. The van der Waals surface area contributed by atoms with E-state index in [1.54, 1.807) is 42.5 Å². The standard InChI is InChI=1S/C24H26N2O4S2/c1-17-9-12-19(13-10-17)32(28,29)26(21-15-18(2)11-14-22(21)30-3)16-24(27)25-20-7-5-6-8-23(20)31-4/h5-15H,16H2,1-4H3,(H,25,27). The van der Waals surface area contributed by atoms with E-state index in [1.807, 2.05) is 44.4 Å². The summed E-state index contributed by atoms with van der Waals surface area (Å²) in [6.07, 6.45) is 1.91. The van der Waals surface area contributed by atoms with E-state index < -0.39 is 22.5 Å². The molecule has 8 heteroatoms. The van der Waals surface area contributed by atoms with Crippen LogP contribution in [0.4, 0.5) is 11.4 Å². The quantitative estimate of drug-likeness (QED) is 0.476. The van der Waals surface area contributed by atoms with Gasteiger partial charge in [-0.05, 0) is 62.1 Å². The Morgan fingerprint density at radius 1 is 1.00 bits per heavy atom. The topological polar surface area (TPSA) is 75.7 Å². The number of para-hydroxylation sites is 1. The molecule has 0 aliphatic rings. The number of sulfonamides is 1. The van der Waals surface area contributed by atoms with E-state index >= 15 is 0 Å². The molecular formula is C24H26N2O4S2. The summed E-state index contributed by atoms with van der Waals surface area (Å²) in [6.45, 7) is 3.33. The molecule has 0 aliphatic heterocycles. The summed E-state index contributed by atoms with van der Waals surface area (Å²) in [5.74, 6) is -0.0886. The Labute approximate surface area is 193 Å². The first-order chi connectivity index (χ1) is 15.3. The Hall–Kier alpha value is -2.97. The highest BCUT2D eigenvalue weighted by atomic mass is 32.2. The van der Waals surface area contributed by atoms with Crippen molar-refractivity contribution < 1.29 is 17.9 Å². The summed E-state index contributed by atoms with van der Waals surface area (Å²) < 4.78 is 33.8. The molecule has 6 nitrogen and oxygen atoms in total. The summed E-state index contributed by atoms with van der Waals surface area (Å²) in [5.41, 5.74) is 2.73. The Morgan fingerprint density at radius 2 is 1.66 bits per heavy atom. The van der Waals surface area contributed by atoms with E-state index in [0.29, 0.717) is 17.1 Å². The largest absolute Gasteiger partial charge is 0.495 e. The predicted octanol–water partition coefficient (Wildman–Crippen LogP) is 4.87. The van der Waals surface area contributed by atoms with Gasteiger partial charge in [0.1, 0.15) is 12.3 Å². The average Bonchev–Trinajstić information content (AvgIpc) is 2.78. The van der Waals surface area contributed by atoms with E-state index in [-0.39, 0.29) is 4.90 Å². The van der Waals surface area contributed by atoms with Crippen molar-refractivity contribution in [2.75, 3.05) is 29.5 Å². The molecule has 0 fully saturated rings. The fourth-order valence-electron chi connectivity index (χ4n) is 3.20. The maximum Gasteiger partial charge on any atom is 0.264 e. The second-order valence-electron chi connectivity index (χ2n) is 7.25. The van der Waals surface area contributed by atoms with Gasteiger partial charge in [0, 0.05) is 4.90 Å². The zero-order valence-electron chi connectivity index (χ0n) is 18.5. The van der Waals surface area contributed by atoms with Crippen LogP contribution >= 0.6 is 11.8 Å². The van der Waals surface area contributed by atoms with Gasteiger partial charge in [-0.25, -0.2) is 8.42 Å². The lowest BCUT2D eigenvalue weighted by Gasteiger charge is -2.26. The number of hydrogen-bond donors (Lipinski definition) is 1. The average molecular weight is 471 g/mol. The Morgan fingerprint density at radius 3 is 2.31 bits per heavy atom. The van der Waals surface area contributed by atoms with Crippen molar-refractivity contribution in [3.8, 4) is 5.75 Å². The van der Waals surface area contributed by atoms with Crippen molar-refractivity contribution in [2.24, 2.45) is 0 Å². The Balaban J connectivity index is 2.04. The van der Waals surface area contributed by atoms with Crippen LogP contribution in [-0.4, -0.2) is 34.2 Å². The molecule has 3 aromatic carbocycles. The molecule has 168 valence electrons. The van der Waals surface area contributed by atoms with Gasteiger partial charge in [0.2, 0.25) is 5.91 Å². The minimum atomic E-state index is -4.04. The first-order valence-corrected chi connectivity index (χ1v) is 12.6. The molecule has 0 aromatic heterocycles. The number of anilines is 2. The number of carbonyl (C=O) groups excluding carboxylic acids is 1. The van der Waals surface area contributed by atoms with Crippen molar-refractivity contribution >= 4 is 39.1 Å². The monoisotopic (exact) mass is 470 g/mol. The second-order valence-corrected chi connectivity index (χ2v) is 9.96. The minimum Gasteiger partial charge on any atom is -0.495 e. The molecule has 0 radical (unpaired) electrons. The molecule has 3 aromatic rings. The molecule has 3 rings (SSSR count). The molecule has 1 amide bonds. The smallest absolute Gasteiger partial charge is 0.264 e. The zero-order valence-corrected chi connectivity index (χ0v) is 20.1. The molecule has 0 bridgehead atoms. The Bertz CT molecular complexity index is 1210. The van der Waals surface area contributed by atoms with E-state index in [2.05, 4.69) is 5.32 Å². The first-order valence-electron chi connectivity index (χ1n) is 9.93. The molecule has 0 heterocycles. The fraction of sp³-hybridized carbons (Fsp3) is 0.208. The number of amides is 1. The number of ether oxygens (including phenoxy) is 1. The van der Waals surface area contributed by atoms with Gasteiger partial charge in [-0.15, -0.1) is 11.8 Å². The summed E-state index contributed by atoms with van der Waals surface area (Å²) in [7, 11) is -2.56. The second kappa shape index (κ2) is 10.1. The number of aryl methyl sites for hydroxylation is 2. The summed E-state index contributed by atoms with van der Waals surface area (Å²) in [4.78, 5) is 14.0. The molecule has 0 saturated carbocycles. The predicted molar refractivity (Wildman–Crippen MR) is 130 cm³/mol. The van der Waals surface area contributed by atoms with Gasteiger partial charge in [-0.3, -0.25) is 9.10 Å². The number of benzene rings is 3. The van der Waals surface area contributed by atoms with Crippen LogP contribution in [-0.2, 0) is 14.8 Å². The van der Waals surface area contributed by atoms with Crippen molar-refractivity contribution in [3.05, 3.63) is 77.9 Å². The molecule has 0 atom stereocenters. The first kappa shape index (κ1) is 23.7. The van der Waals surface area contributed by atoms with E-state index in [0.717, 1.165) is 20.3 Å². The highest BCUT2D eigenvalue weighted by Gasteiger charge is 2.29. The normalized spacial score (nSPS) is 11.1. The SMILES string of the molecule is COc1ccc(C)cc1N(CC(=O)Nc1ccccc1SC)S(=O)(=O)c1ccc(C)cc1. The lowest BCUT2D eigenvalue weighted by atomic mass is 10.2. The van der Waals surface area contributed by atoms with Gasteiger partial charge in [0.25, 0.3) is 10.0 Å². The third-order valence-electron chi connectivity index (χ3n) is 4.88. The molecule has 32 heavy (non-hydrogen) atoms. The van der Waals surface area contributed by atoms with Gasteiger partial charge in [0.05, 0.1) is 23.4 Å². The van der Waals surface area contributed by atoms with E-state index in [4.69, 9.17) is 4.74 Å². The van der Waals surface area contributed by atoms with Crippen LogP contribution in [0, 0.1) is 13.8 Å². The van der Waals surface area contributed by atoms with E-state index in [9.17, 15) is 13.2 Å². The minimum absolute atomic E-state index is 0.101. The third-order valence-corrected chi connectivity index (χ3v) is 7.45. The summed E-state index contributed by atoms with van der Waals surface area (Å²) in [5, 5.41) is 2.84. The van der Waals surface area contributed by atoms with Crippen molar-refractivity contribution in [2.45, 2.75) is 23.6 Å². The third kappa shape index (κ3) is 5.26. The Kier molecular flexibility index (Phi) is 7.48. The van der Waals surface area contributed by atoms with Crippen LogP contribution < -0.4 is 14.4 Å². The number of carbonyl (C=O) groups is 1. The lowest BCUT2D eigenvalue weighted by molar-refractivity contribution is -0.114. The van der Waals surface area contributed by atoms with Crippen LogP contribution in [0.15, 0.2) is 76.5 Å². The van der Waals surface area contributed by atoms with Crippen molar-refractivity contribution in [3.63, 3.8) is 0 Å². The van der Waals surface area contributed by atoms with Gasteiger partial charge in [-0.2, -0.15) is 0 Å². The van der Waals surface area contributed by atoms with Crippen molar-refractivity contribution in [1.82, 2.24) is 0 Å². The van der Waals surface area contributed by atoms with Crippen LogP contribution in [0.1, 0.15) is 11.1 Å². The van der Waals surface area contributed by atoms with Gasteiger partial charge >= 0.3 is 0 Å². The highest BCUT2D eigenvalue weighted by Crippen LogP contribution is 2.34. The maximum atomic E-state index is 13.6. The van der Waals surface area contributed by atoms with Gasteiger partial charge in [-0.1, -0.05) is 35.9 Å². The lowest BCUT2D eigenvalue weighted by Crippen LogP contribution is -2.38. The number of rotatable bonds is 8. The van der Waals surface area contributed by atoms with Crippen LogP contribution in [0.25, 0.3) is 0 Å². The molecular weight excluding hydrogens is 444 g/mol. The number of hydrogen-bond acceptors (Lipinski definition) is 5. The number of nitrogens with zero attached hydrogens (tertiary/aromatic N) is 1. The summed E-state index contributed by atoms with van der Waals surface area (Å²) in [6, 6.07) is 19.2. The fourth-order valence-corrected chi connectivity index (χ4v) is 5.18. The zero-order chi connectivity index (χ0) is 23.3. The highest BCUT2D eigenvalue weighted by molar-refractivity contribution is 7.98. The number of thioether (sulfide) groups is 1. The summed E-state index contributed by atoms with van der Waals surface area (Å²) >= 11 is 1.50. The number of methoxy groups -OCH3 is 1. The number of nitrogens with one attached hydrogen (secondary N) is 1. The van der Waals surface area contributed by atoms with Gasteiger partial charge < -0.3 is 10.1 Å².